The van der Waals surface area contributed by atoms with Crippen LogP contribution in [0.4, 0.5) is 0 Å². The van der Waals surface area contributed by atoms with E-state index < -0.39 is 0 Å². The lowest BCUT2D eigenvalue weighted by Crippen LogP contribution is -2.35. The van der Waals surface area contributed by atoms with Crippen molar-refractivity contribution in [2.75, 3.05) is 19.5 Å². The van der Waals surface area contributed by atoms with Crippen molar-refractivity contribution in [3.63, 3.8) is 0 Å². The summed E-state index contributed by atoms with van der Waals surface area (Å²) in [6.45, 7) is 7.45. The second-order valence-electron chi connectivity index (χ2n) is 5.76. The zero-order valence-corrected chi connectivity index (χ0v) is 13.4. The number of oxime groups is 1. The van der Waals surface area contributed by atoms with Crippen molar-refractivity contribution in [2.45, 2.75) is 25.7 Å². The average molecular weight is 293 g/mol. The lowest BCUT2D eigenvalue weighted by atomic mass is 9.75. The number of ether oxygens (including phenoxy) is 1. The zero-order chi connectivity index (χ0) is 14.6. The Kier molecular flexibility index (Phi) is 4.97. The normalized spacial score (nSPS) is 27.9. The predicted molar refractivity (Wildman–Crippen MR) is 84.0 cm³/mol. The Morgan fingerprint density at radius 1 is 1.40 bits per heavy atom. The molecule has 0 bridgehead atoms. The van der Waals surface area contributed by atoms with Crippen LogP contribution in [0.3, 0.4) is 0 Å². The first-order valence-electron chi connectivity index (χ1n) is 7.00. The van der Waals surface area contributed by atoms with Crippen LogP contribution in [-0.4, -0.2) is 25.4 Å². The van der Waals surface area contributed by atoms with E-state index in [1.807, 2.05) is 17.8 Å². The second-order valence-corrected chi connectivity index (χ2v) is 6.81. The molecule has 1 saturated heterocycles. The van der Waals surface area contributed by atoms with Crippen LogP contribution in [0.1, 0.15) is 20.8 Å². The molecule has 0 N–H and O–H groups in total. The second kappa shape index (κ2) is 6.53. The summed E-state index contributed by atoms with van der Waals surface area (Å²) in [5.41, 5.74) is -0.0787. The molecule has 1 aliphatic rings. The maximum Gasteiger partial charge on any atom is 0.232 e. The van der Waals surface area contributed by atoms with Crippen LogP contribution in [0.2, 0.25) is 0 Å². The molecule has 0 aliphatic carbocycles. The van der Waals surface area contributed by atoms with Gasteiger partial charge < -0.3 is 9.57 Å². The van der Waals surface area contributed by atoms with E-state index >= 15 is 0 Å². The van der Waals surface area contributed by atoms with Crippen molar-refractivity contribution < 1.29 is 9.57 Å². The van der Waals surface area contributed by atoms with Gasteiger partial charge in [0.15, 0.2) is 0 Å². The zero-order valence-electron chi connectivity index (χ0n) is 12.6. The summed E-state index contributed by atoms with van der Waals surface area (Å²) in [5.74, 6) is 2.71. The highest BCUT2D eigenvalue weighted by Crippen LogP contribution is 2.44. The minimum absolute atomic E-state index is 0.0787. The summed E-state index contributed by atoms with van der Waals surface area (Å²) in [4.78, 5) is 6.23. The van der Waals surface area contributed by atoms with Crippen molar-refractivity contribution >= 4 is 17.7 Å². The van der Waals surface area contributed by atoms with Gasteiger partial charge in [-0.3, -0.25) is 0 Å². The van der Waals surface area contributed by atoms with E-state index in [-0.39, 0.29) is 5.41 Å². The van der Waals surface area contributed by atoms with Crippen molar-refractivity contribution in [3.05, 3.63) is 30.3 Å². The van der Waals surface area contributed by atoms with Crippen molar-refractivity contribution in [2.24, 2.45) is 22.4 Å². The summed E-state index contributed by atoms with van der Waals surface area (Å²) < 4.78 is 5.78. The highest BCUT2D eigenvalue weighted by Gasteiger charge is 2.48. The van der Waals surface area contributed by atoms with Gasteiger partial charge in [-0.15, -0.1) is 11.8 Å². The van der Waals surface area contributed by atoms with Gasteiger partial charge in [0.25, 0.3) is 0 Å². The van der Waals surface area contributed by atoms with Crippen molar-refractivity contribution in [1.82, 2.24) is 0 Å². The smallest absolute Gasteiger partial charge is 0.232 e. The molecule has 2 rings (SSSR count). The van der Waals surface area contributed by atoms with E-state index in [0.717, 1.165) is 18.3 Å². The highest BCUT2D eigenvalue weighted by molar-refractivity contribution is 7.99. The van der Waals surface area contributed by atoms with E-state index in [1.54, 1.807) is 7.11 Å². The minimum atomic E-state index is -0.0787. The molecule has 0 spiro atoms. The van der Waals surface area contributed by atoms with E-state index in [0.29, 0.717) is 11.8 Å². The van der Waals surface area contributed by atoms with Gasteiger partial charge in [-0.2, -0.15) is 0 Å². The highest BCUT2D eigenvalue weighted by atomic mass is 32.2. The molecule has 0 radical (unpaired) electrons. The minimum Gasteiger partial charge on any atom is -0.478 e. The van der Waals surface area contributed by atoms with Crippen LogP contribution in [0.15, 0.2) is 40.4 Å². The predicted octanol–water partition coefficient (Wildman–Crippen LogP) is 4.05. The van der Waals surface area contributed by atoms with Crippen LogP contribution in [0.25, 0.3) is 0 Å². The standard InChI is InChI=1S/C16H23NO2S/c1-12(2)14-10-19-15(17-18-4)16(14,3)11-20-13-8-6-5-7-9-13/h5-9,12,14H,10-11H2,1-4H3/b17-15-/t14-,16+/m1/s1. The van der Waals surface area contributed by atoms with Crippen LogP contribution in [0, 0.1) is 17.3 Å². The van der Waals surface area contributed by atoms with E-state index in [4.69, 9.17) is 9.57 Å². The molecule has 1 aliphatic heterocycles. The van der Waals surface area contributed by atoms with Crippen molar-refractivity contribution in [3.8, 4) is 0 Å². The third kappa shape index (κ3) is 3.11. The van der Waals surface area contributed by atoms with E-state index in [2.05, 4.69) is 50.2 Å². The van der Waals surface area contributed by atoms with Crippen LogP contribution in [0.5, 0.6) is 0 Å². The van der Waals surface area contributed by atoms with Gasteiger partial charge in [0.1, 0.15) is 7.11 Å². The van der Waals surface area contributed by atoms with Gasteiger partial charge in [-0.25, -0.2) is 0 Å². The summed E-state index contributed by atoms with van der Waals surface area (Å²) >= 11 is 1.85. The third-order valence-electron chi connectivity index (χ3n) is 3.97. The molecule has 0 unspecified atom stereocenters. The summed E-state index contributed by atoms with van der Waals surface area (Å²) in [6, 6.07) is 10.5. The molecule has 0 saturated carbocycles. The SMILES string of the molecule is CO/N=C1\OC[C@H](C(C)C)[C@]1(C)CSc1ccccc1. The number of hydrogen-bond acceptors (Lipinski definition) is 4. The molecular formula is C16H23NO2S. The number of hydrogen-bond donors (Lipinski definition) is 0. The third-order valence-corrected chi connectivity index (χ3v) is 5.32. The fraction of sp³-hybridized carbons (Fsp3) is 0.562. The van der Waals surface area contributed by atoms with E-state index in [9.17, 15) is 0 Å². The summed E-state index contributed by atoms with van der Waals surface area (Å²) in [7, 11) is 1.57. The average Bonchev–Trinajstić information content (AvgIpc) is 2.76. The topological polar surface area (TPSA) is 30.8 Å². The molecule has 2 atom stereocenters. The monoisotopic (exact) mass is 293 g/mol. The Hall–Kier alpha value is -1.16. The molecular weight excluding hydrogens is 270 g/mol. The maximum atomic E-state index is 5.78. The Morgan fingerprint density at radius 3 is 2.70 bits per heavy atom. The maximum absolute atomic E-state index is 5.78. The first-order valence-corrected chi connectivity index (χ1v) is 7.98. The van der Waals surface area contributed by atoms with Gasteiger partial charge in [0, 0.05) is 16.6 Å². The first-order chi connectivity index (χ1) is 9.58. The Bertz CT molecular complexity index is 461. The number of thioether (sulfide) groups is 1. The van der Waals surface area contributed by atoms with Gasteiger partial charge in [0.05, 0.1) is 12.0 Å². The molecule has 0 amide bonds. The molecule has 1 fully saturated rings. The number of rotatable bonds is 5. The Balaban J connectivity index is 2.16. The molecule has 110 valence electrons. The summed E-state index contributed by atoms with van der Waals surface area (Å²) in [5, 5.41) is 4.10. The molecule has 3 nitrogen and oxygen atoms in total. The van der Waals surface area contributed by atoms with Crippen LogP contribution >= 0.6 is 11.8 Å². The fourth-order valence-electron chi connectivity index (χ4n) is 2.74. The van der Waals surface area contributed by atoms with Gasteiger partial charge >= 0.3 is 0 Å². The molecule has 20 heavy (non-hydrogen) atoms. The van der Waals surface area contributed by atoms with Gasteiger partial charge in [-0.1, -0.05) is 37.2 Å². The molecule has 1 aromatic carbocycles. The lowest BCUT2D eigenvalue weighted by Gasteiger charge is -2.30. The Labute approximate surface area is 125 Å². The van der Waals surface area contributed by atoms with Gasteiger partial charge in [-0.05, 0) is 25.0 Å². The molecule has 1 aromatic rings. The van der Waals surface area contributed by atoms with Crippen LogP contribution in [-0.2, 0) is 9.57 Å². The number of nitrogens with zero attached hydrogens (tertiary/aromatic N) is 1. The first kappa shape index (κ1) is 15.2. The quantitative estimate of drug-likeness (QED) is 0.606. The fourth-order valence-corrected chi connectivity index (χ4v) is 3.89. The van der Waals surface area contributed by atoms with Crippen molar-refractivity contribution in [1.29, 1.82) is 0 Å². The van der Waals surface area contributed by atoms with E-state index in [1.165, 1.54) is 4.90 Å². The summed E-state index contributed by atoms with van der Waals surface area (Å²) in [6.07, 6.45) is 0. The lowest BCUT2D eigenvalue weighted by molar-refractivity contribution is 0.193. The molecule has 4 heteroatoms. The molecule has 0 aromatic heterocycles. The largest absolute Gasteiger partial charge is 0.478 e. The molecule has 1 heterocycles. The van der Waals surface area contributed by atoms with Gasteiger partial charge in [0.2, 0.25) is 5.90 Å². The van der Waals surface area contributed by atoms with Crippen LogP contribution < -0.4 is 0 Å². The number of benzene rings is 1. The Morgan fingerprint density at radius 2 is 2.10 bits per heavy atom.